The van der Waals surface area contributed by atoms with Gasteiger partial charge in [-0.1, -0.05) is 30.3 Å². The maximum atomic E-state index is 12.0. The van der Waals surface area contributed by atoms with Crippen molar-refractivity contribution in [1.82, 2.24) is 10.4 Å². The third-order valence-corrected chi connectivity index (χ3v) is 3.83. The molecule has 28 heavy (non-hydrogen) atoms. The summed E-state index contributed by atoms with van der Waals surface area (Å²) in [6.45, 7) is 2.88. The van der Waals surface area contributed by atoms with E-state index in [-0.39, 0.29) is 5.91 Å². The summed E-state index contributed by atoms with van der Waals surface area (Å²) < 4.78 is 11.6. The molecule has 0 unspecified atom stereocenters. The Labute approximate surface area is 163 Å². The number of rotatable bonds is 8. The van der Waals surface area contributed by atoms with Gasteiger partial charge in [0, 0.05) is 18.0 Å². The Morgan fingerprint density at radius 1 is 1.04 bits per heavy atom. The molecule has 1 amide bonds. The highest BCUT2D eigenvalue weighted by atomic mass is 16.5. The van der Waals surface area contributed by atoms with Crippen LogP contribution in [0, 0.1) is 0 Å². The van der Waals surface area contributed by atoms with Gasteiger partial charge < -0.3 is 9.47 Å². The molecule has 0 aliphatic rings. The standard InChI is InChI=1S/C22H21N3O3/c1-2-27-21-14-18(15-24-25-22(26)19-10-12-23-13-11-19)8-9-20(21)28-16-17-6-4-3-5-7-17/h3-15H,2,16H2,1H3,(H,25,26). The Hall–Kier alpha value is -3.67. The third-order valence-electron chi connectivity index (χ3n) is 3.83. The number of nitrogens with one attached hydrogen (secondary N) is 1. The lowest BCUT2D eigenvalue weighted by atomic mass is 10.2. The van der Waals surface area contributed by atoms with Crippen molar-refractivity contribution in [3.63, 3.8) is 0 Å². The number of carbonyl (C=O) groups excluding carboxylic acids is 1. The van der Waals surface area contributed by atoms with E-state index >= 15 is 0 Å². The smallest absolute Gasteiger partial charge is 0.271 e. The molecule has 0 bridgehead atoms. The lowest BCUT2D eigenvalue weighted by Gasteiger charge is -2.12. The van der Waals surface area contributed by atoms with Crippen molar-refractivity contribution in [2.45, 2.75) is 13.5 Å². The van der Waals surface area contributed by atoms with Crippen LogP contribution >= 0.6 is 0 Å². The highest BCUT2D eigenvalue weighted by Gasteiger charge is 2.07. The summed E-state index contributed by atoms with van der Waals surface area (Å²) in [4.78, 5) is 15.9. The summed E-state index contributed by atoms with van der Waals surface area (Å²) in [5, 5.41) is 4.00. The minimum Gasteiger partial charge on any atom is -0.490 e. The van der Waals surface area contributed by atoms with Crippen LogP contribution in [0.15, 0.2) is 78.2 Å². The number of hydrazone groups is 1. The van der Waals surface area contributed by atoms with Crippen LogP contribution in [0.5, 0.6) is 11.5 Å². The highest BCUT2D eigenvalue weighted by Crippen LogP contribution is 2.28. The van der Waals surface area contributed by atoms with Gasteiger partial charge in [0.2, 0.25) is 0 Å². The van der Waals surface area contributed by atoms with E-state index in [1.807, 2.05) is 55.5 Å². The van der Waals surface area contributed by atoms with E-state index in [2.05, 4.69) is 15.5 Å². The van der Waals surface area contributed by atoms with Crippen molar-refractivity contribution < 1.29 is 14.3 Å². The minimum absolute atomic E-state index is 0.300. The van der Waals surface area contributed by atoms with E-state index in [4.69, 9.17) is 9.47 Å². The molecular formula is C22H21N3O3. The van der Waals surface area contributed by atoms with Gasteiger partial charge in [-0.05, 0) is 48.4 Å². The van der Waals surface area contributed by atoms with Crippen LogP contribution in [0.3, 0.4) is 0 Å². The molecule has 3 rings (SSSR count). The highest BCUT2D eigenvalue weighted by molar-refractivity contribution is 5.94. The average Bonchev–Trinajstić information content (AvgIpc) is 2.75. The molecule has 3 aromatic rings. The van der Waals surface area contributed by atoms with Crippen molar-refractivity contribution in [3.05, 3.63) is 89.7 Å². The Balaban J connectivity index is 1.65. The fourth-order valence-electron chi connectivity index (χ4n) is 2.46. The monoisotopic (exact) mass is 375 g/mol. The Kier molecular flexibility index (Phi) is 6.73. The summed E-state index contributed by atoms with van der Waals surface area (Å²) in [6, 6.07) is 18.7. The van der Waals surface area contributed by atoms with E-state index in [0.717, 1.165) is 11.1 Å². The number of hydrogen-bond donors (Lipinski definition) is 1. The SMILES string of the molecule is CCOc1cc(C=NNC(=O)c2ccncc2)ccc1OCc1ccccc1. The van der Waals surface area contributed by atoms with Gasteiger partial charge in [-0.15, -0.1) is 0 Å². The van der Waals surface area contributed by atoms with Gasteiger partial charge in [0.15, 0.2) is 11.5 Å². The van der Waals surface area contributed by atoms with Crippen LogP contribution < -0.4 is 14.9 Å². The predicted octanol–water partition coefficient (Wildman–Crippen LogP) is 3.82. The lowest BCUT2D eigenvalue weighted by molar-refractivity contribution is 0.0955. The number of benzene rings is 2. The largest absolute Gasteiger partial charge is 0.490 e. The predicted molar refractivity (Wildman–Crippen MR) is 108 cm³/mol. The molecule has 0 saturated heterocycles. The molecule has 2 aromatic carbocycles. The Morgan fingerprint density at radius 3 is 2.57 bits per heavy atom. The molecular weight excluding hydrogens is 354 g/mol. The molecule has 0 atom stereocenters. The third kappa shape index (κ3) is 5.41. The summed E-state index contributed by atoms with van der Waals surface area (Å²) in [5.74, 6) is 0.984. The van der Waals surface area contributed by atoms with Gasteiger partial charge in [-0.25, -0.2) is 5.43 Å². The van der Waals surface area contributed by atoms with Gasteiger partial charge in [0.05, 0.1) is 12.8 Å². The van der Waals surface area contributed by atoms with Crippen LogP contribution in [0.25, 0.3) is 0 Å². The normalized spacial score (nSPS) is 10.6. The van der Waals surface area contributed by atoms with Crippen LogP contribution in [-0.4, -0.2) is 23.7 Å². The topological polar surface area (TPSA) is 72.8 Å². The first kappa shape index (κ1) is 19.1. The minimum atomic E-state index is -0.300. The number of carbonyl (C=O) groups is 1. The summed E-state index contributed by atoms with van der Waals surface area (Å²) >= 11 is 0. The Morgan fingerprint density at radius 2 is 1.82 bits per heavy atom. The Bertz CT molecular complexity index is 928. The van der Waals surface area contributed by atoms with Gasteiger partial charge in [0.1, 0.15) is 6.61 Å². The first-order chi connectivity index (χ1) is 13.8. The number of amides is 1. The zero-order valence-electron chi connectivity index (χ0n) is 15.5. The van der Waals surface area contributed by atoms with E-state index in [9.17, 15) is 4.79 Å². The van der Waals surface area contributed by atoms with Crippen molar-refractivity contribution in [2.75, 3.05) is 6.61 Å². The van der Waals surface area contributed by atoms with Crippen molar-refractivity contribution in [2.24, 2.45) is 5.10 Å². The molecule has 1 heterocycles. The zero-order chi connectivity index (χ0) is 19.6. The van der Waals surface area contributed by atoms with Crippen LogP contribution in [0.2, 0.25) is 0 Å². The first-order valence-corrected chi connectivity index (χ1v) is 8.93. The van der Waals surface area contributed by atoms with Gasteiger partial charge in [-0.3, -0.25) is 9.78 Å². The molecule has 0 fully saturated rings. The van der Waals surface area contributed by atoms with E-state index < -0.39 is 0 Å². The summed E-state index contributed by atoms with van der Waals surface area (Å²) in [7, 11) is 0. The van der Waals surface area contributed by atoms with Gasteiger partial charge >= 0.3 is 0 Å². The molecule has 0 aliphatic heterocycles. The van der Waals surface area contributed by atoms with Crippen molar-refractivity contribution in [3.8, 4) is 11.5 Å². The molecule has 142 valence electrons. The van der Waals surface area contributed by atoms with Crippen LogP contribution in [0.1, 0.15) is 28.4 Å². The van der Waals surface area contributed by atoms with E-state index in [1.165, 1.54) is 0 Å². The molecule has 0 aliphatic carbocycles. The molecule has 6 heteroatoms. The number of pyridine rings is 1. The molecule has 0 saturated carbocycles. The number of ether oxygens (including phenoxy) is 2. The summed E-state index contributed by atoms with van der Waals surface area (Å²) in [5.41, 5.74) is 4.84. The van der Waals surface area contributed by atoms with Gasteiger partial charge in [-0.2, -0.15) is 5.10 Å². The van der Waals surface area contributed by atoms with E-state index in [1.54, 1.807) is 30.7 Å². The lowest BCUT2D eigenvalue weighted by Crippen LogP contribution is -2.17. The van der Waals surface area contributed by atoms with Gasteiger partial charge in [0.25, 0.3) is 5.91 Å². The number of nitrogens with zero attached hydrogens (tertiary/aromatic N) is 2. The maximum absolute atomic E-state index is 12.0. The van der Waals surface area contributed by atoms with Crippen molar-refractivity contribution in [1.29, 1.82) is 0 Å². The zero-order valence-corrected chi connectivity index (χ0v) is 15.5. The molecule has 1 N–H and O–H groups in total. The molecule has 1 aromatic heterocycles. The van der Waals surface area contributed by atoms with Crippen molar-refractivity contribution >= 4 is 12.1 Å². The summed E-state index contributed by atoms with van der Waals surface area (Å²) in [6.07, 6.45) is 4.67. The van der Waals surface area contributed by atoms with Crippen LogP contribution in [0.4, 0.5) is 0 Å². The quantitative estimate of drug-likeness (QED) is 0.480. The second-order valence-electron chi connectivity index (χ2n) is 5.85. The average molecular weight is 375 g/mol. The fourth-order valence-corrected chi connectivity index (χ4v) is 2.46. The maximum Gasteiger partial charge on any atom is 0.271 e. The number of aromatic nitrogens is 1. The second-order valence-corrected chi connectivity index (χ2v) is 5.85. The number of hydrogen-bond acceptors (Lipinski definition) is 5. The molecule has 6 nitrogen and oxygen atoms in total. The first-order valence-electron chi connectivity index (χ1n) is 8.93. The van der Waals surface area contributed by atoms with E-state index in [0.29, 0.717) is 30.3 Å². The molecule has 0 radical (unpaired) electrons. The fraction of sp³-hybridized carbons (Fsp3) is 0.136. The van der Waals surface area contributed by atoms with Crippen LogP contribution in [-0.2, 0) is 6.61 Å². The second kappa shape index (κ2) is 9.87. The molecule has 0 spiro atoms.